The predicted molar refractivity (Wildman–Crippen MR) is 59.2 cm³/mol. The summed E-state index contributed by atoms with van der Waals surface area (Å²) in [5.41, 5.74) is 5.53. The van der Waals surface area contributed by atoms with Gasteiger partial charge in [0.05, 0.1) is 0 Å². The Morgan fingerprint density at radius 3 is 2.87 bits per heavy atom. The third-order valence-electron chi connectivity index (χ3n) is 2.79. The van der Waals surface area contributed by atoms with Crippen LogP contribution in [0.4, 0.5) is 0 Å². The van der Waals surface area contributed by atoms with Gasteiger partial charge < -0.3 is 15.2 Å². The molecule has 0 bridgehead atoms. The highest BCUT2D eigenvalue weighted by Gasteiger charge is 2.25. The number of rotatable bonds is 3. The van der Waals surface area contributed by atoms with Crippen LogP contribution >= 0.6 is 0 Å². The van der Waals surface area contributed by atoms with Gasteiger partial charge in [0.2, 0.25) is 0 Å². The molecular weight excluding hydrogens is 190 g/mol. The lowest BCUT2D eigenvalue weighted by Crippen LogP contribution is -2.35. The second-order valence-electron chi connectivity index (χ2n) is 3.97. The molecule has 82 valence electrons. The van der Waals surface area contributed by atoms with Crippen LogP contribution in [-0.4, -0.2) is 19.3 Å². The zero-order chi connectivity index (χ0) is 10.7. The van der Waals surface area contributed by atoms with E-state index < -0.39 is 0 Å². The van der Waals surface area contributed by atoms with Crippen molar-refractivity contribution in [2.45, 2.75) is 19.4 Å². The molecule has 2 N–H and O–H groups in total. The van der Waals surface area contributed by atoms with Crippen LogP contribution in [0.5, 0.6) is 11.5 Å². The summed E-state index contributed by atoms with van der Waals surface area (Å²) in [4.78, 5) is 0. The summed E-state index contributed by atoms with van der Waals surface area (Å²) in [5, 5.41) is 0. The van der Waals surface area contributed by atoms with Crippen molar-refractivity contribution in [1.29, 1.82) is 0 Å². The van der Waals surface area contributed by atoms with E-state index in [1.807, 2.05) is 24.3 Å². The highest BCUT2D eigenvalue weighted by atomic mass is 16.6. The van der Waals surface area contributed by atoms with Gasteiger partial charge in [0.15, 0.2) is 11.5 Å². The van der Waals surface area contributed by atoms with E-state index in [0.29, 0.717) is 19.1 Å². The molecule has 0 fully saturated rings. The van der Waals surface area contributed by atoms with Crippen molar-refractivity contribution in [2.24, 2.45) is 11.7 Å². The van der Waals surface area contributed by atoms with Crippen LogP contribution < -0.4 is 15.2 Å². The number of ether oxygens (including phenoxy) is 2. The average molecular weight is 207 g/mol. The summed E-state index contributed by atoms with van der Waals surface area (Å²) in [5.74, 6) is 2.12. The maximum atomic E-state index is 5.87. The third kappa shape index (κ3) is 2.23. The normalized spacial score (nSPS) is 21.1. The Morgan fingerprint density at radius 1 is 1.40 bits per heavy atom. The van der Waals surface area contributed by atoms with E-state index in [0.717, 1.165) is 17.9 Å². The van der Waals surface area contributed by atoms with Crippen molar-refractivity contribution >= 4 is 0 Å². The molecule has 0 saturated heterocycles. The quantitative estimate of drug-likeness (QED) is 0.822. The van der Waals surface area contributed by atoms with Crippen molar-refractivity contribution in [3.63, 3.8) is 0 Å². The fourth-order valence-corrected chi connectivity index (χ4v) is 1.76. The summed E-state index contributed by atoms with van der Waals surface area (Å²) in [6.07, 6.45) is 1.10. The molecule has 1 aromatic carbocycles. The van der Waals surface area contributed by atoms with Gasteiger partial charge >= 0.3 is 0 Å². The van der Waals surface area contributed by atoms with Crippen LogP contribution in [0.2, 0.25) is 0 Å². The number of hydrogen-bond donors (Lipinski definition) is 1. The van der Waals surface area contributed by atoms with Gasteiger partial charge in [-0.3, -0.25) is 0 Å². The van der Waals surface area contributed by atoms with E-state index in [4.69, 9.17) is 15.2 Å². The average Bonchev–Trinajstić information content (AvgIpc) is 2.29. The molecule has 0 radical (unpaired) electrons. The van der Waals surface area contributed by atoms with Crippen molar-refractivity contribution in [1.82, 2.24) is 0 Å². The molecule has 3 heteroatoms. The Morgan fingerprint density at radius 2 is 2.13 bits per heavy atom. The van der Waals surface area contributed by atoms with Crippen LogP contribution in [0, 0.1) is 5.92 Å². The van der Waals surface area contributed by atoms with Crippen LogP contribution in [0.25, 0.3) is 0 Å². The van der Waals surface area contributed by atoms with Crippen molar-refractivity contribution < 1.29 is 9.47 Å². The summed E-state index contributed by atoms with van der Waals surface area (Å²) >= 11 is 0. The Labute approximate surface area is 90.2 Å². The standard InChI is InChI=1S/C12H17NO2/c1-9(6-7-13)12-8-14-10-4-2-3-5-11(10)15-12/h2-5,9,12H,6-8,13H2,1H3. The van der Waals surface area contributed by atoms with Gasteiger partial charge in [-0.2, -0.15) is 0 Å². The van der Waals surface area contributed by atoms with E-state index >= 15 is 0 Å². The zero-order valence-electron chi connectivity index (χ0n) is 8.98. The van der Waals surface area contributed by atoms with Gasteiger partial charge in [-0.1, -0.05) is 19.1 Å². The van der Waals surface area contributed by atoms with E-state index in [1.165, 1.54) is 0 Å². The Kier molecular flexibility index (Phi) is 3.11. The van der Waals surface area contributed by atoms with Crippen LogP contribution in [-0.2, 0) is 0 Å². The highest BCUT2D eigenvalue weighted by Crippen LogP contribution is 2.32. The summed E-state index contributed by atoms with van der Waals surface area (Å²) < 4.78 is 11.5. The first-order valence-corrected chi connectivity index (χ1v) is 5.40. The Bertz CT molecular complexity index is 327. The predicted octanol–water partition coefficient (Wildman–Crippen LogP) is 1.81. The number of fused-ring (bicyclic) bond motifs is 1. The molecule has 0 aromatic heterocycles. The lowest BCUT2D eigenvalue weighted by atomic mass is 10.0. The van der Waals surface area contributed by atoms with Crippen LogP contribution in [0.1, 0.15) is 13.3 Å². The zero-order valence-corrected chi connectivity index (χ0v) is 8.98. The molecule has 2 rings (SSSR count). The number of para-hydroxylation sites is 2. The Hall–Kier alpha value is -1.22. The molecule has 0 spiro atoms. The molecule has 1 aromatic rings. The minimum atomic E-state index is 0.128. The van der Waals surface area contributed by atoms with Gasteiger partial charge in [-0.15, -0.1) is 0 Å². The fraction of sp³-hybridized carbons (Fsp3) is 0.500. The monoisotopic (exact) mass is 207 g/mol. The minimum Gasteiger partial charge on any atom is -0.486 e. The van der Waals surface area contributed by atoms with E-state index in [1.54, 1.807) is 0 Å². The summed E-state index contributed by atoms with van der Waals surface area (Å²) in [6.45, 7) is 3.47. The van der Waals surface area contributed by atoms with Crippen molar-refractivity contribution in [2.75, 3.05) is 13.2 Å². The highest BCUT2D eigenvalue weighted by molar-refractivity contribution is 5.40. The van der Waals surface area contributed by atoms with Gasteiger partial charge in [0.25, 0.3) is 0 Å². The van der Waals surface area contributed by atoms with Crippen LogP contribution in [0.15, 0.2) is 24.3 Å². The smallest absolute Gasteiger partial charge is 0.161 e. The lowest BCUT2D eigenvalue weighted by Gasteiger charge is -2.30. The molecule has 3 nitrogen and oxygen atoms in total. The largest absolute Gasteiger partial charge is 0.486 e. The maximum absolute atomic E-state index is 5.87. The molecule has 1 aliphatic rings. The van der Waals surface area contributed by atoms with E-state index in [9.17, 15) is 0 Å². The molecule has 0 amide bonds. The molecule has 0 saturated carbocycles. The topological polar surface area (TPSA) is 44.5 Å². The van der Waals surface area contributed by atoms with E-state index in [2.05, 4.69) is 6.92 Å². The van der Waals surface area contributed by atoms with Gasteiger partial charge in [-0.05, 0) is 31.0 Å². The number of hydrogen-bond acceptors (Lipinski definition) is 3. The SMILES string of the molecule is CC(CCN)C1COc2ccccc2O1. The lowest BCUT2D eigenvalue weighted by molar-refractivity contribution is 0.0514. The second kappa shape index (κ2) is 4.53. The van der Waals surface area contributed by atoms with Gasteiger partial charge in [-0.25, -0.2) is 0 Å². The summed E-state index contributed by atoms with van der Waals surface area (Å²) in [7, 11) is 0. The minimum absolute atomic E-state index is 0.128. The maximum Gasteiger partial charge on any atom is 0.161 e. The Balaban J connectivity index is 2.05. The van der Waals surface area contributed by atoms with Crippen molar-refractivity contribution in [3.05, 3.63) is 24.3 Å². The summed E-state index contributed by atoms with van der Waals surface area (Å²) in [6, 6.07) is 7.78. The molecule has 1 aliphatic heterocycles. The van der Waals surface area contributed by atoms with Gasteiger partial charge in [0.1, 0.15) is 12.7 Å². The molecule has 2 atom stereocenters. The first-order valence-electron chi connectivity index (χ1n) is 5.40. The third-order valence-corrected chi connectivity index (χ3v) is 2.79. The van der Waals surface area contributed by atoms with E-state index in [-0.39, 0.29) is 6.10 Å². The van der Waals surface area contributed by atoms with Crippen LogP contribution in [0.3, 0.4) is 0 Å². The van der Waals surface area contributed by atoms with Gasteiger partial charge in [0, 0.05) is 0 Å². The first-order chi connectivity index (χ1) is 7.31. The first kappa shape index (κ1) is 10.3. The molecule has 15 heavy (non-hydrogen) atoms. The molecule has 2 unspecified atom stereocenters. The fourth-order valence-electron chi connectivity index (χ4n) is 1.76. The molecule has 1 heterocycles. The molecule has 0 aliphatic carbocycles. The number of nitrogens with two attached hydrogens (primary N) is 1. The molecular formula is C12H17NO2. The van der Waals surface area contributed by atoms with Crippen molar-refractivity contribution in [3.8, 4) is 11.5 Å². The number of benzene rings is 1. The second-order valence-corrected chi connectivity index (χ2v) is 3.97.